The van der Waals surface area contributed by atoms with Crippen molar-refractivity contribution in [3.05, 3.63) is 106 Å². The van der Waals surface area contributed by atoms with E-state index < -0.39 is 32.5 Å². The van der Waals surface area contributed by atoms with Crippen molar-refractivity contribution in [1.82, 2.24) is 0 Å². The Labute approximate surface area is 259 Å². The van der Waals surface area contributed by atoms with Gasteiger partial charge in [0, 0.05) is 15.7 Å². The number of benzene rings is 4. The van der Waals surface area contributed by atoms with Crippen LogP contribution in [0.5, 0.6) is 5.75 Å². The molecule has 0 bridgehead atoms. The molecule has 0 heterocycles. The zero-order valence-corrected chi connectivity index (χ0v) is 25.8. The minimum Gasteiger partial charge on any atom is -0.492 e. The fraction of sp³-hybridized carbons (Fsp3) is 0.107. The first-order valence-corrected chi connectivity index (χ1v) is 16.3. The lowest BCUT2D eigenvalue weighted by atomic mass is 10.3. The third-order valence-electron chi connectivity index (χ3n) is 5.75. The molecule has 4 aromatic rings. The maximum atomic E-state index is 13.7. The fourth-order valence-electron chi connectivity index (χ4n) is 3.80. The Bertz CT molecular complexity index is 1800. The molecule has 14 heteroatoms. The fourth-order valence-corrected chi connectivity index (χ4v) is 6.95. The monoisotopic (exact) mass is 667 g/mol. The molecule has 0 aliphatic rings. The van der Waals surface area contributed by atoms with E-state index in [1.54, 1.807) is 25.1 Å². The van der Waals surface area contributed by atoms with E-state index in [-0.39, 0.29) is 44.2 Å². The number of amides is 1. The van der Waals surface area contributed by atoms with Gasteiger partial charge in [0.05, 0.1) is 32.8 Å². The number of rotatable bonds is 11. The molecular weight excluding hydrogens is 645 g/mol. The lowest BCUT2D eigenvalue weighted by Crippen LogP contribution is -2.38. The van der Waals surface area contributed by atoms with Crippen molar-refractivity contribution in [3.63, 3.8) is 0 Å². The molecular formula is C28H24Cl3N3O6S2. The predicted molar refractivity (Wildman–Crippen MR) is 166 cm³/mol. The largest absolute Gasteiger partial charge is 0.492 e. The lowest BCUT2D eigenvalue weighted by molar-refractivity contribution is -0.114. The second kappa shape index (κ2) is 13.2. The predicted octanol–water partition coefficient (Wildman–Crippen LogP) is 6.68. The van der Waals surface area contributed by atoms with Crippen LogP contribution in [-0.2, 0) is 24.8 Å². The van der Waals surface area contributed by atoms with Crippen LogP contribution < -0.4 is 19.1 Å². The van der Waals surface area contributed by atoms with Gasteiger partial charge in [-0.3, -0.25) is 13.8 Å². The van der Waals surface area contributed by atoms with Crippen molar-refractivity contribution in [1.29, 1.82) is 0 Å². The van der Waals surface area contributed by atoms with Gasteiger partial charge >= 0.3 is 0 Å². The zero-order chi connectivity index (χ0) is 30.5. The Kier molecular flexibility index (Phi) is 9.90. The normalized spacial score (nSPS) is 11.5. The summed E-state index contributed by atoms with van der Waals surface area (Å²) < 4.78 is 62.0. The van der Waals surface area contributed by atoms with Crippen molar-refractivity contribution in [2.45, 2.75) is 16.7 Å². The van der Waals surface area contributed by atoms with E-state index in [1.165, 1.54) is 72.8 Å². The van der Waals surface area contributed by atoms with Crippen LogP contribution in [0.25, 0.3) is 0 Å². The van der Waals surface area contributed by atoms with E-state index >= 15 is 0 Å². The number of carbonyl (C=O) groups excluding carboxylic acids is 1. The first-order valence-electron chi connectivity index (χ1n) is 12.3. The molecule has 9 nitrogen and oxygen atoms in total. The highest BCUT2D eigenvalue weighted by Gasteiger charge is 2.29. The number of nitrogens with zero attached hydrogens (tertiary/aromatic N) is 1. The van der Waals surface area contributed by atoms with Gasteiger partial charge in [-0.15, -0.1) is 0 Å². The van der Waals surface area contributed by atoms with Crippen LogP contribution in [0, 0.1) is 0 Å². The first kappa shape index (κ1) is 31.5. The Morgan fingerprint density at radius 1 is 0.810 bits per heavy atom. The molecule has 0 spiro atoms. The van der Waals surface area contributed by atoms with E-state index in [0.29, 0.717) is 10.0 Å². The number of hydrogen-bond donors (Lipinski definition) is 2. The second-order valence-electron chi connectivity index (χ2n) is 8.67. The summed E-state index contributed by atoms with van der Waals surface area (Å²) in [6.07, 6.45) is 0. The van der Waals surface area contributed by atoms with E-state index in [0.717, 1.165) is 4.31 Å². The van der Waals surface area contributed by atoms with Gasteiger partial charge in [0.15, 0.2) is 0 Å². The summed E-state index contributed by atoms with van der Waals surface area (Å²) >= 11 is 17.9. The number of halogens is 3. The smallest absolute Gasteiger partial charge is 0.264 e. The molecule has 0 saturated carbocycles. The van der Waals surface area contributed by atoms with Gasteiger partial charge in [-0.05, 0) is 85.8 Å². The highest BCUT2D eigenvalue weighted by atomic mass is 35.5. The molecule has 0 aliphatic carbocycles. The molecule has 1 amide bonds. The molecule has 0 unspecified atom stereocenters. The summed E-state index contributed by atoms with van der Waals surface area (Å²) in [6, 6.07) is 21.7. The molecule has 0 fully saturated rings. The summed E-state index contributed by atoms with van der Waals surface area (Å²) in [6.45, 7) is 1.42. The summed E-state index contributed by atoms with van der Waals surface area (Å²) in [5, 5.41) is 3.44. The van der Waals surface area contributed by atoms with Crippen LogP contribution in [-0.4, -0.2) is 35.9 Å². The number of para-hydroxylation sites is 2. The molecule has 0 aromatic heterocycles. The van der Waals surface area contributed by atoms with E-state index in [1.807, 2.05) is 0 Å². The third kappa shape index (κ3) is 7.47. The lowest BCUT2D eigenvalue weighted by Gasteiger charge is -2.26. The first-order chi connectivity index (χ1) is 19.9. The molecule has 0 aliphatic heterocycles. The molecule has 220 valence electrons. The molecule has 0 atom stereocenters. The van der Waals surface area contributed by atoms with Gasteiger partial charge in [-0.25, -0.2) is 16.8 Å². The minimum atomic E-state index is -4.23. The van der Waals surface area contributed by atoms with Crippen LogP contribution in [0.2, 0.25) is 15.1 Å². The number of sulfonamides is 2. The quantitative estimate of drug-likeness (QED) is 0.184. The van der Waals surface area contributed by atoms with Crippen molar-refractivity contribution < 1.29 is 26.4 Å². The van der Waals surface area contributed by atoms with E-state index in [4.69, 9.17) is 39.5 Å². The SMILES string of the molecule is CCOc1ccccc1N(CC(=O)Nc1ccc(S(=O)(=O)Nc2ccc(Cl)cc2Cl)cc1)S(=O)(=O)c1ccc(Cl)cc1. The van der Waals surface area contributed by atoms with Crippen LogP contribution in [0.4, 0.5) is 17.1 Å². The molecule has 2 N–H and O–H groups in total. The summed E-state index contributed by atoms with van der Waals surface area (Å²) in [7, 11) is -8.25. The Morgan fingerprint density at radius 3 is 2.07 bits per heavy atom. The Balaban J connectivity index is 1.57. The molecule has 42 heavy (non-hydrogen) atoms. The average molecular weight is 669 g/mol. The van der Waals surface area contributed by atoms with Gasteiger partial charge in [0.1, 0.15) is 12.3 Å². The van der Waals surface area contributed by atoms with E-state index in [2.05, 4.69) is 10.0 Å². The highest BCUT2D eigenvalue weighted by Crippen LogP contribution is 2.33. The second-order valence-corrected chi connectivity index (χ2v) is 13.5. The van der Waals surface area contributed by atoms with Crippen LogP contribution in [0.3, 0.4) is 0 Å². The number of anilines is 3. The van der Waals surface area contributed by atoms with Crippen LogP contribution >= 0.6 is 34.8 Å². The number of ether oxygens (including phenoxy) is 1. The van der Waals surface area contributed by atoms with E-state index in [9.17, 15) is 21.6 Å². The summed E-state index contributed by atoms with van der Waals surface area (Å²) in [5.41, 5.74) is 0.552. The molecule has 4 aromatic carbocycles. The molecule has 0 saturated heterocycles. The Morgan fingerprint density at radius 2 is 1.43 bits per heavy atom. The van der Waals surface area contributed by atoms with Gasteiger partial charge in [0.25, 0.3) is 20.0 Å². The van der Waals surface area contributed by atoms with Crippen molar-refractivity contribution >= 4 is 77.8 Å². The Hall–Kier alpha value is -3.48. The van der Waals surface area contributed by atoms with Crippen molar-refractivity contribution in [3.8, 4) is 5.75 Å². The average Bonchev–Trinajstić information content (AvgIpc) is 2.94. The maximum absolute atomic E-state index is 13.7. The van der Waals surface area contributed by atoms with Gasteiger partial charge in [-0.2, -0.15) is 0 Å². The zero-order valence-electron chi connectivity index (χ0n) is 21.9. The van der Waals surface area contributed by atoms with Crippen molar-refractivity contribution in [2.24, 2.45) is 0 Å². The van der Waals surface area contributed by atoms with Gasteiger partial charge in [0.2, 0.25) is 5.91 Å². The van der Waals surface area contributed by atoms with Gasteiger partial charge in [-0.1, -0.05) is 46.9 Å². The third-order valence-corrected chi connectivity index (χ3v) is 9.70. The van der Waals surface area contributed by atoms with Crippen LogP contribution in [0.1, 0.15) is 6.92 Å². The molecule has 0 radical (unpaired) electrons. The number of hydrogen-bond acceptors (Lipinski definition) is 6. The standard InChI is InChI=1S/C28H24Cl3N3O6S2/c1-2-40-27-6-4-3-5-26(27)34(42(38,39)23-12-7-19(29)8-13-23)18-28(35)32-21-10-14-22(15-11-21)41(36,37)33-25-16-9-20(30)17-24(25)31/h3-17,33H,2,18H2,1H3,(H,32,35). The summed E-state index contributed by atoms with van der Waals surface area (Å²) in [4.78, 5) is 13.0. The molecule has 4 rings (SSSR count). The topological polar surface area (TPSA) is 122 Å². The maximum Gasteiger partial charge on any atom is 0.264 e. The number of nitrogens with one attached hydrogen (secondary N) is 2. The van der Waals surface area contributed by atoms with Crippen LogP contribution in [0.15, 0.2) is 101 Å². The van der Waals surface area contributed by atoms with Gasteiger partial charge < -0.3 is 10.1 Å². The highest BCUT2D eigenvalue weighted by molar-refractivity contribution is 7.93. The minimum absolute atomic E-state index is 0.0751. The van der Waals surface area contributed by atoms with Crippen molar-refractivity contribution in [2.75, 3.05) is 27.5 Å². The summed E-state index contributed by atoms with van der Waals surface area (Å²) in [5.74, 6) is -0.409. The number of carbonyl (C=O) groups is 1.